The van der Waals surface area contributed by atoms with Crippen LogP contribution in [0, 0.1) is 6.92 Å². The molecule has 3 N–H and O–H groups in total. The number of aliphatic hydroxyl groups is 1. The Hall–Kier alpha value is -3.25. The Morgan fingerprint density at radius 2 is 2.17 bits per heavy atom. The highest BCUT2D eigenvalue weighted by Gasteiger charge is 2.21. The fourth-order valence-electron chi connectivity index (χ4n) is 2.31. The standard InChI is InChI=1S/C17H20N6O5S/c1-9-5-6-19-23(9)16-22-21-15(29-16)20-13(24)11-7-10(18-8-17(2,3)26)12(27-4)14(25)28-11/h5-7,18,26H,8H2,1-4H3,(H,20,21,24). The van der Waals surface area contributed by atoms with E-state index >= 15 is 0 Å². The molecule has 0 saturated heterocycles. The number of rotatable bonds is 7. The number of anilines is 2. The number of hydrogen-bond donors (Lipinski definition) is 3. The molecular formula is C17H20N6O5S. The molecule has 12 heteroatoms. The lowest BCUT2D eigenvalue weighted by atomic mass is 10.1. The molecule has 3 heterocycles. The molecule has 0 aliphatic rings. The fraction of sp³-hybridized carbons (Fsp3) is 0.353. The van der Waals surface area contributed by atoms with E-state index in [1.54, 1.807) is 24.7 Å². The summed E-state index contributed by atoms with van der Waals surface area (Å²) in [6, 6.07) is 3.13. The van der Waals surface area contributed by atoms with Crippen LogP contribution in [-0.2, 0) is 0 Å². The van der Waals surface area contributed by atoms with E-state index in [1.165, 1.54) is 13.2 Å². The summed E-state index contributed by atoms with van der Waals surface area (Å²) in [7, 11) is 1.31. The van der Waals surface area contributed by atoms with Gasteiger partial charge in [0.1, 0.15) is 0 Å². The Kier molecular flexibility index (Phi) is 5.66. The molecule has 154 valence electrons. The number of ether oxygens (including phenoxy) is 1. The first-order chi connectivity index (χ1) is 13.7. The summed E-state index contributed by atoms with van der Waals surface area (Å²) < 4.78 is 11.7. The van der Waals surface area contributed by atoms with Gasteiger partial charge in [0.2, 0.25) is 16.0 Å². The smallest absolute Gasteiger partial charge is 0.381 e. The van der Waals surface area contributed by atoms with Gasteiger partial charge in [0.25, 0.3) is 5.91 Å². The Bertz CT molecular complexity index is 1080. The maximum absolute atomic E-state index is 12.5. The lowest BCUT2D eigenvalue weighted by Crippen LogP contribution is -2.30. The second-order valence-electron chi connectivity index (χ2n) is 6.74. The first-order valence-corrected chi connectivity index (χ1v) is 9.34. The highest BCUT2D eigenvalue weighted by atomic mass is 32.1. The van der Waals surface area contributed by atoms with Gasteiger partial charge in [-0.15, -0.1) is 10.2 Å². The monoisotopic (exact) mass is 420 g/mol. The van der Waals surface area contributed by atoms with Gasteiger partial charge in [0, 0.05) is 24.5 Å². The highest BCUT2D eigenvalue weighted by Crippen LogP contribution is 2.24. The fourth-order valence-corrected chi connectivity index (χ4v) is 3.07. The van der Waals surface area contributed by atoms with Crippen molar-refractivity contribution in [1.82, 2.24) is 20.0 Å². The van der Waals surface area contributed by atoms with E-state index < -0.39 is 17.1 Å². The van der Waals surface area contributed by atoms with Crippen LogP contribution in [-0.4, -0.2) is 50.2 Å². The van der Waals surface area contributed by atoms with Crippen molar-refractivity contribution in [2.45, 2.75) is 26.4 Å². The summed E-state index contributed by atoms with van der Waals surface area (Å²) in [5.41, 5.74) is -0.788. The van der Waals surface area contributed by atoms with Crippen LogP contribution in [0.2, 0.25) is 0 Å². The third-order valence-electron chi connectivity index (χ3n) is 3.70. The van der Waals surface area contributed by atoms with Crippen molar-refractivity contribution in [3.8, 4) is 10.9 Å². The van der Waals surface area contributed by atoms with Crippen LogP contribution in [0.3, 0.4) is 0 Å². The molecule has 0 aliphatic carbocycles. The number of aryl methyl sites for hydroxylation is 1. The summed E-state index contributed by atoms with van der Waals surface area (Å²) >= 11 is 1.11. The molecule has 0 bridgehead atoms. The second kappa shape index (κ2) is 8.01. The van der Waals surface area contributed by atoms with Crippen molar-refractivity contribution >= 4 is 28.1 Å². The normalized spacial score (nSPS) is 11.3. The molecule has 11 nitrogen and oxygen atoms in total. The Morgan fingerprint density at radius 3 is 2.79 bits per heavy atom. The molecule has 0 unspecified atom stereocenters. The maximum atomic E-state index is 12.5. The quantitative estimate of drug-likeness (QED) is 0.517. The van der Waals surface area contributed by atoms with E-state index in [2.05, 4.69) is 25.9 Å². The van der Waals surface area contributed by atoms with Crippen LogP contribution in [0.1, 0.15) is 30.1 Å². The van der Waals surface area contributed by atoms with Gasteiger partial charge in [-0.2, -0.15) is 5.10 Å². The zero-order valence-corrected chi connectivity index (χ0v) is 17.0. The first kappa shape index (κ1) is 20.5. The summed E-state index contributed by atoms with van der Waals surface area (Å²) in [6.07, 6.45) is 1.63. The van der Waals surface area contributed by atoms with Crippen molar-refractivity contribution in [3.63, 3.8) is 0 Å². The van der Waals surface area contributed by atoms with E-state index in [0.717, 1.165) is 17.0 Å². The number of amides is 1. The average Bonchev–Trinajstić information content (AvgIpc) is 3.27. The lowest BCUT2D eigenvalue weighted by molar-refractivity contribution is 0.0944. The Morgan fingerprint density at radius 1 is 1.41 bits per heavy atom. The van der Waals surface area contributed by atoms with Crippen molar-refractivity contribution in [1.29, 1.82) is 0 Å². The summed E-state index contributed by atoms with van der Waals surface area (Å²) in [6.45, 7) is 5.18. The molecule has 29 heavy (non-hydrogen) atoms. The van der Waals surface area contributed by atoms with Gasteiger partial charge in [-0.05, 0) is 26.8 Å². The first-order valence-electron chi connectivity index (χ1n) is 8.52. The summed E-state index contributed by atoms with van der Waals surface area (Å²) in [5, 5.41) is 28.0. The van der Waals surface area contributed by atoms with Gasteiger partial charge in [0.05, 0.1) is 18.4 Å². The third kappa shape index (κ3) is 4.78. The number of carbonyl (C=O) groups is 1. The van der Waals surface area contributed by atoms with Gasteiger partial charge in [-0.1, -0.05) is 11.3 Å². The highest BCUT2D eigenvalue weighted by molar-refractivity contribution is 7.17. The predicted octanol–water partition coefficient (Wildman–Crippen LogP) is 1.43. The molecule has 3 rings (SSSR count). The van der Waals surface area contributed by atoms with Crippen LogP contribution in [0.15, 0.2) is 27.5 Å². The minimum atomic E-state index is -1.04. The number of hydrogen-bond acceptors (Lipinski definition) is 10. The molecule has 0 spiro atoms. The predicted molar refractivity (Wildman–Crippen MR) is 106 cm³/mol. The molecule has 0 aromatic carbocycles. The zero-order valence-electron chi connectivity index (χ0n) is 16.2. The minimum absolute atomic E-state index is 0.0989. The van der Waals surface area contributed by atoms with E-state index in [0.29, 0.717) is 5.13 Å². The van der Waals surface area contributed by atoms with Gasteiger partial charge in [0.15, 0.2) is 5.76 Å². The van der Waals surface area contributed by atoms with Crippen LogP contribution < -0.4 is 21.0 Å². The van der Waals surface area contributed by atoms with Crippen LogP contribution in [0.4, 0.5) is 10.8 Å². The van der Waals surface area contributed by atoms with Gasteiger partial charge >= 0.3 is 5.63 Å². The summed E-state index contributed by atoms with van der Waals surface area (Å²) in [5.74, 6) is -1.03. The van der Waals surface area contributed by atoms with Crippen LogP contribution in [0.25, 0.3) is 5.13 Å². The third-order valence-corrected chi connectivity index (χ3v) is 4.51. The number of carbonyl (C=O) groups excluding carboxylic acids is 1. The van der Waals surface area contributed by atoms with Gasteiger partial charge in [-0.25, -0.2) is 9.48 Å². The minimum Gasteiger partial charge on any atom is -0.488 e. The number of nitrogens with one attached hydrogen (secondary N) is 2. The number of aromatic nitrogens is 4. The Labute approximate surface area is 169 Å². The van der Waals surface area contributed by atoms with E-state index in [1.807, 2.05) is 13.0 Å². The number of nitrogens with zero attached hydrogens (tertiary/aromatic N) is 4. The molecule has 0 atom stereocenters. The van der Waals surface area contributed by atoms with Crippen LogP contribution in [0.5, 0.6) is 5.75 Å². The lowest BCUT2D eigenvalue weighted by Gasteiger charge is -2.19. The van der Waals surface area contributed by atoms with E-state index in [9.17, 15) is 14.7 Å². The topological polar surface area (TPSA) is 144 Å². The molecule has 3 aromatic rings. The van der Waals surface area contributed by atoms with Crippen molar-refractivity contribution in [3.05, 3.63) is 40.2 Å². The van der Waals surface area contributed by atoms with E-state index in [-0.39, 0.29) is 28.9 Å². The van der Waals surface area contributed by atoms with Crippen LogP contribution >= 0.6 is 11.3 Å². The van der Waals surface area contributed by atoms with E-state index in [4.69, 9.17) is 9.15 Å². The summed E-state index contributed by atoms with van der Waals surface area (Å²) in [4.78, 5) is 24.7. The van der Waals surface area contributed by atoms with Crippen molar-refractivity contribution < 1.29 is 19.1 Å². The van der Waals surface area contributed by atoms with Crippen molar-refractivity contribution in [2.24, 2.45) is 0 Å². The van der Waals surface area contributed by atoms with Gasteiger partial charge < -0.3 is 19.6 Å². The molecule has 0 saturated carbocycles. The molecule has 0 fully saturated rings. The zero-order chi connectivity index (χ0) is 21.2. The molecular weight excluding hydrogens is 400 g/mol. The number of methoxy groups -OCH3 is 1. The second-order valence-corrected chi connectivity index (χ2v) is 7.70. The Balaban J connectivity index is 1.82. The maximum Gasteiger partial charge on any atom is 0.381 e. The largest absolute Gasteiger partial charge is 0.488 e. The molecule has 0 aliphatic heterocycles. The SMILES string of the molecule is COc1c(NCC(C)(C)O)cc(C(=O)Nc2nnc(-n3nccc3C)s2)oc1=O. The molecule has 0 radical (unpaired) electrons. The van der Waals surface area contributed by atoms with Gasteiger partial charge in [-0.3, -0.25) is 10.1 Å². The average molecular weight is 420 g/mol. The molecule has 1 amide bonds. The molecule has 3 aromatic heterocycles. The van der Waals surface area contributed by atoms with Crippen molar-refractivity contribution in [2.75, 3.05) is 24.3 Å².